The van der Waals surface area contributed by atoms with Crippen LogP contribution in [0.15, 0.2) is 71.2 Å². The molecule has 2 N–H and O–H groups in total. The van der Waals surface area contributed by atoms with E-state index in [4.69, 9.17) is 4.42 Å². The van der Waals surface area contributed by atoms with Crippen LogP contribution in [0.3, 0.4) is 0 Å². The van der Waals surface area contributed by atoms with E-state index in [0.29, 0.717) is 18.7 Å². The number of para-hydroxylation sites is 1. The minimum Gasteiger partial charge on any atom is -0.457 e. The molecular weight excluding hydrogens is 314 g/mol. The van der Waals surface area contributed by atoms with Crippen molar-refractivity contribution in [3.63, 3.8) is 0 Å². The third-order valence-electron chi connectivity index (χ3n) is 4.11. The van der Waals surface area contributed by atoms with Crippen LogP contribution >= 0.6 is 0 Å². The number of nitrogens with one attached hydrogen (secondary N) is 1. The molecule has 1 heterocycles. The van der Waals surface area contributed by atoms with Crippen LogP contribution in [-0.4, -0.2) is 24.2 Å². The highest BCUT2D eigenvalue weighted by molar-refractivity contribution is 5.92. The highest BCUT2D eigenvalue weighted by atomic mass is 16.3. The molecule has 0 fully saturated rings. The smallest absolute Gasteiger partial charge is 0.244 e. The third kappa shape index (κ3) is 4.58. The van der Waals surface area contributed by atoms with Crippen LogP contribution < -0.4 is 5.32 Å². The number of carbonyl (C=O) groups is 1. The van der Waals surface area contributed by atoms with Crippen molar-refractivity contribution in [1.82, 2.24) is 5.32 Å². The first kappa shape index (κ1) is 17.0. The molecule has 1 amide bonds. The number of aliphatic hydroxyl groups excluding tert-OH is 1. The molecule has 0 spiro atoms. The second kappa shape index (κ2) is 8.31. The molecule has 3 rings (SSSR count). The molecule has 0 aliphatic carbocycles. The summed E-state index contributed by atoms with van der Waals surface area (Å²) in [5, 5.41) is 13.1. The molecule has 0 aliphatic rings. The normalized spacial score (nSPS) is 12.5. The van der Waals surface area contributed by atoms with Crippen molar-refractivity contribution in [3.8, 4) is 0 Å². The summed E-state index contributed by atoms with van der Waals surface area (Å²) >= 11 is 0. The Labute approximate surface area is 146 Å². The second-order valence-corrected chi connectivity index (χ2v) is 5.88. The van der Waals surface area contributed by atoms with Crippen LogP contribution in [0.25, 0.3) is 17.0 Å². The molecule has 4 heteroatoms. The van der Waals surface area contributed by atoms with E-state index in [1.165, 1.54) is 6.08 Å². The first-order valence-corrected chi connectivity index (χ1v) is 8.36. The van der Waals surface area contributed by atoms with Gasteiger partial charge in [0.05, 0.1) is 0 Å². The van der Waals surface area contributed by atoms with Crippen molar-refractivity contribution in [2.45, 2.75) is 12.3 Å². The Kier molecular flexibility index (Phi) is 5.65. The maximum absolute atomic E-state index is 12.1. The summed E-state index contributed by atoms with van der Waals surface area (Å²) in [5.74, 6) is 0.556. The van der Waals surface area contributed by atoms with Gasteiger partial charge in [-0.2, -0.15) is 0 Å². The summed E-state index contributed by atoms with van der Waals surface area (Å²) in [4.78, 5) is 12.1. The van der Waals surface area contributed by atoms with Gasteiger partial charge >= 0.3 is 0 Å². The van der Waals surface area contributed by atoms with Crippen molar-refractivity contribution in [2.24, 2.45) is 0 Å². The van der Waals surface area contributed by atoms with E-state index >= 15 is 0 Å². The molecule has 128 valence electrons. The van der Waals surface area contributed by atoms with Gasteiger partial charge in [0.1, 0.15) is 11.3 Å². The van der Waals surface area contributed by atoms with Crippen LogP contribution in [0.1, 0.15) is 23.7 Å². The number of benzene rings is 2. The van der Waals surface area contributed by atoms with Gasteiger partial charge in [0.25, 0.3) is 0 Å². The SMILES string of the molecule is O=C(/C=C/c1cc2ccccc2o1)NCC(CCO)c1ccccc1. The summed E-state index contributed by atoms with van der Waals surface area (Å²) in [6.07, 6.45) is 3.75. The zero-order valence-electron chi connectivity index (χ0n) is 13.9. The van der Waals surface area contributed by atoms with Crippen molar-refractivity contribution < 1.29 is 14.3 Å². The van der Waals surface area contributed by atoms with Gasteiger partial charge in [-0.1, -0.05) is 48.5 Å². The number of fused-ring (bicyclic) bond motifs is 1. The molecule has 0 aliphatic heterocycles. The maximum Gasteiger partial charge on any atom is 0.244 e. The first-order chi connectivity index (χ1) is 12.3. The van der Waals surface area contributed by atoms with Crippen LogP contribution in [0, 0.1) is 0 Å². The predicted octanol–water partition coefficient (Wildman–Crippen LogP) is 3.73. The lowest BCUT2D eigenvalue weighted by Crippen LogP contribution is -2.27. The second-order valence-electron chi connectivity index (χ2n) is 5.88. The first-order valence-electron chi connectivity index (χ1n) is 8.36. The molecule has 0 bridgehead atoms. The molecule has 3 aromatic rings. The van der Waals surface area contributed by atoms with Gasteiger partial charge in [-0.15, -0.1) is 0 Å². The molecule has 1 unspecified atom stereocenters. The zero-order chi connectivity index (χ0) is 17.5. The van der Waals surface area contributed by atoms with E-state index in [-0.39, 0.29) is 18.4 Å². The van der Waals surface area contributed by atoms with Gasteiger partial charge in [-0.05, 0) is 30.2 Å². The molecule has 1 aromatic heterocycles. The van der Waals surface area contributed by atoms with Gasteiger partial charge in [-0.25, -0.2) is 0 Å². The minimum absolute atomic E-state index is 0.0876. The monoisotopic (exact) mass is 335 g/mol. The van der Waals surface area contributed by atoms with E-state index in [2.05, 4.69) is 5.32 Å². The van der Waals surface area contributed by atoms with Gasteiger partial charge in [0.15, 0.2) is 0 Å². The molecule has 4 nitrogen and oxygen atoms in total. The van der Waals surface area contributed by atoms with Gasteiger partial charge in [-0.3, -0.25) is 4.79 Å². The quantitative estimate of drug-likeness (QED) is 0.647. The lowest BCUT2D eigenvalue weighted by Gasteiger charge is -2.16. The Morgan fingerprint density at radius 3 is 2.64 bits per heavy atom. The number of carbonyl (C=O) groups excluding carboxylic acids is 1. The topological polar surface area (TPSA) is 62.5 Å². The molecular formula is C21H21NO3. The predicted molar refractivity (Wildman–Crippen MR) is 99.1 cm³/mol. The summed E-state index contributed by atoms with van der Waals surface area (Å²) in [7, 11) is 0. The summed E-state index contributed by atoms with van der Waals surface area (Å²) in [6, 6.07) is 19.5. The average molecular weight is 335 g/mol. The lowest BCUT2D eigenvalue weighted by molar-refractivity contribution is -0.116. The number of hydrogen-bond donors (Lipinski definition) is 2. The third-order valence-corrected chi connectivity index (χ3v) is 4.11. The lowest BCUT2D eigenvalue weighted by atomic mass is 9.96. The fourth-order valence-electron chi connectivity index (χ4n) is 2.79. The molecule has 1 atom stereocenters. The molecule has 0 saturated heterocycles. The number of rotatable bonds is 7. The van der Waals surface area contributed by atoms with Crippen LogP contribution in [0.4, 0.5) is 0 Å². The minimum atomic E-state index is -0.181. The molecule has 25 heavy (non-hydrogen) atoms. The Morgan fingerprint density at radius 2 is 1.88 bits per heavy atom. The van der Waals surface area contributed by atoms with Gasteiger partial charge in [0, 0.05) is 30.5 Å². The Bertz CT molecular complexity index is 819. The number of aliphatic hydroxyl groups is 1. The van der Waals surface area contributed by atoms with Crippen molar-refractivity contribution >= 4 is 23.0 Å². The summed E-state index contributed by atoms with van der Waals surface area (Å²) < 4.78 is 5.65. The Hall–Kier alpha value is -2.85. The zero-order valence-corrected chi connectivity index (χ0v) is 13.9. The molecule has 2 aromatic carbocycles. The summed E-state index contributed by atoms with van der Waals surface area (Å²) in [6.45, 7) is 0.568. The standard InChI is InChI=1S/C21H21NO3/c23-13-12-18(16-6-2-1-3-7-16)15-22-21(24)11-10-19-14-17-8-4-5-9-20(17)25-19/h1-11,14,18,23H,12-13,15H2,(H,22,24)/b11-10+. The van der Waals surface area contributed by atoms with E-state index in [1.54, 1.807) is 6.08 Å². The Balaban J connectivity index is 1.59. The van der Waals surface area contributed by atoms with E-state index < -0.39 is 0 Å². The van der Waals surface area contributed by atoms with E-state index in [9.17, 15) is 9.90 Å². The summed E-state index contributed by atoms with van der Waals surface area (Å²) in [5.41, 5.74) is 1.91. The van der Waals surface area contributed by atoms with Gasteiger partial charge < -0.3 is 14.8 Å². The van der Waals surface area contributed by atoms with Crippen molar-refractivity contribution in [2.75, 3.05) is 13.2 Å². The van der Waals surface area contributed by atoms with Crippen LogP contribution in [0.5, 0.6) is 0 Å². The van der Waals surface area contributed by atoms with Crippen LogP contribution in [0.2, 0.25) is 0 Å². The van der Waals surface area contributed by atoms with E-state index in [1.807, 2.05) is 60.7 Å². The largest absolute Gasteiger partial charge is 0.457 e. The fraction of sp³-hybridized carbons (Fsp3) is 0.190. The van der Waals surface area contributed by atoms with Crippen molar-refractivity contribution in [3.05, 3.63) is 78.1 Å². The van der Waals surface area contributed by atoms with Crippen molar-refractivity contribution in [1.29, 1.82) is 0 Å². The maximum atomic E-state index is 12.1. The number of furan rings is 1. The van der Waals surface area contributed by atoms with E-state index in [0.717, 1.165) is 16.5 Å². The Morgan fingerprint density at radius 1 is 1.12 bits per heavy atom. The number of amides is 1. The highest BCUT2D eigenvalue weighted by Gasteiger charge is 2.11. The molecule has 0 radical (unpaired) electrons. The average Bonchev–Trinajstić information content (AvgIpc) is 3.07. The highest BCUT2D eigenvalue weighted by Crippen LogP contribution is 2.20. The molecule has 0 saturated carbocycles. The number of hydrogen-bond acceptors (Lipinski definition) is 3. The van der Waals surface area contributed by atoms with Crippen LogP contribution in [-0.2, 0) is 4.79 Å². The van der Waals surface area contributed by atoms with Gasteiger partial charge in [0.2, 0.25) is 5.91 Å². The fourth-order valence-corrected chi connectivity index (χ4v) is 2.79.